The number of hydrogen-bond acceptors (Lipinski definition) is 5. The van der Waals surface area contributed by atoms with Crippen LogP contribution in [0.2, 0.25) is 0 Å². The van der Waals surface area contributed by atoms with Crippen LogP contribution in [0.1, 0.15) is 42.3 Å². The summed E-state index contributed by atoms with van der Waals surface area (Å²) in [6.45, 7) is 5.94. The summed E-state index contributed by atoms with van der Waals surface area (Å²) in [5, 5.41) is 16.7. The first-order valence-corrected chi connectivity index (χ1v) is 9.99. The molecule has 0 spiro atoms. The number of alkyl carbamates (subject to hydrolysis) is 1. The molecular formula is C21H25N3O3S. The van der Waals surface area contributed by atoms with Crippen molar-refractivity contribution in [3.8, 4) is 6.07 Å². The number of benzene rings is 1. The van der Waals surface area contributed by atoms with Crippen LogP contribution >= 0.6 is 11.3 Å². The van der Waals surface area contributed by atoms with Gasteiger partial charge in [0.05, 0.1) is 6.07 Å². The fraction of sp³-hybridized carbons (Fsp3) is 0.381. The number of nitrogens with one attached hydrogen (secondary N) is 2. The average Bonchev–Trinajstić information content (AvgIpc) is 3.10. The Labute approximate surface area is 169 Å². The lowest BCUT2D eigenvalue weighted by atomic mass is 10.0. The van der Waals surface area contributed by atoms with E-state index in [-0.39, 0.29) is 12.5 Å². The van der Waals surface area contributed by atoms with Crippen LogP contribution in [0.3, 0.4) is 0 Å². The summed E-state index contributed by atoms with van der Waals surface area (Å²) < 4.78 is 5.22. The van der Waals surface area contributed by atoms with Gasteiger partial charge in [-0.15, -0.1) is 11.3 Å². The van der Waals surface area contributed by atoms with Gasteiger partial charge in [0.2, 0.25) is 5.91 Å². The van der Waals surface area contributed by atoms with Crippen molar-refractivity contribution in [2.45, 2.75) is 45.9 Å². The van der Waals surface area contributed by atoms with Crippen molar-refractivity contribution in [1.29, 1.82) is 5.26 Å². The lowest BCUT2D eigenvalue weighted by Gasteiger charge is -2.21. The topological polar surface area (TPSA) is 91.2 Å². The van der Waals surface area contributed by atoms with Gasteiger partial charge in [-0.3, -0.25) is 4.79 Å². The number of nitriles is 1. The molecule has 1 aromatic heterocycles. The molecule has 7 heteroatoms. The van der Waals surface area contributed by atoms with Crippen molar-refractivity contribution >= 4 is 23.3 Å². The van der Waals surface area contributed by atoms with Gasteiger partial charge in [-0.05, 0) is 41.8 Å². The molecule has 2 amide bonds. The Morgan fingerprint density at radius 3 is 2.46 bits per heavy atom. The molecular weight excluding hydrogens is 374 g/mol. The van der Waals surface area contributed by atoms with Crippen LogP contribution in [0.4, 0.5) is 4.79 Å². The first-order chi connectivity index (χ1) is 13.4. The maximum Gasteiger partial charge on any atom is 0.408 e. The number of nitrogens with zero attached hydrogens (tertiary/aromatic N) is 1. The van der Waals surface area contributed by atoms with Crippen LogP contribution in [0.15, 0.2) is 41.8 Å². The molecule has 0 saturated carbocycles. The molecule has 2 rings (SSSR count). The van der Waals surface area contributed by atoms with Crippen LogP contribution in [0, 0.1) is 24.2 Å². The van der Waals surface area contributed by atoms with Crippen LogP contribution in [0.25, 0.3) is 0 Å². The summed E-state index contributed by atoms with van der Waals surface area (Å²) in [6, 6.07) is 11.8. The first kappa shape index (κ1) is 21.5. The summed E-state index contributed by atoms with van der Waals surface area (Å²) >= 11 is 1.42. The summed E-state index contributed by atoms with van der Waals surface area (Å²) in [7, 11) is 0. The second-order valence-electron chi connectivity index (χ2n) is 6.93. The summed E-state index contributed by atoms with van der Waals surface area (Å²) in [6.07, 6.45) is -0.223. The van der Waals surface area contributed by atoms with Gasteiger partial charge in [-0.25, -0.2) is 4.79 Å². The lowest BCUT2D eigenvalue weighted by molar-refractivity contribution is -0.123. The fourth-order valence-electron chi connectivity index (χ4n) is 2.69. The predicted octanol–water partition coefficient (Wildman–Crippen LogP) is 4.08. The Morgan fingerprint density at radius 2 is 1.89 bits per heavy atom. The van der Waals surface area contributed by atoms with Crippen molar-refractivity contribution < 1.29 is 14.3 Å². The molecule has 148 valence electrons. The molecule has 0 aliphatic heterocycles. The highest BCUT2D eigenvalue weighted by atomic mass is 32.1. The summed E-state index contributed by atoms with van der Waals surface area (Å²) in [5.41, 5.74) is 1.81. The summed E-state index contributed by atoms with van der Waals surface area (Å²) in [4.78, 5) is 25.7. The number of thiophene rings is 1. The van der Waals surface area contributed by atoms with Crippen molar-refractivity contribution in [1.82, 2.24) is 10.6 Å². The third-order valence-electron chi connectivity index (χ3n) is 4.11. The number of carbonyl (C=O) groups is 2. The molecule has 1 unspecified atom stereocenters. The zero-order chi connectivity index (χ0) is 20.5. The minimum Gasteiger partial charge on any atom is -0.445 e. The van der Waals surface area contributed by atoms with E-state index in [4.69, 9.17) is 4.74 Å². The van der Waals surface area contributed by atoms with Crippen molar-refractivity contribution in [2.24, 2.45) is 5.92 Å². The van der Waals surface area contributed by atoms with Crippen molar-refractivity contribution in [2.75, 3.05) is 0 Å². The third-order valence-corrected chi connectivity index (χ3v) is 5.19. The van der Waals surface area contributed by atoms with Gasteiger partial charge in [-0.2, -0.15) is 5.26 Å². The Kier molecular flexibility index (Phi) is 8.02. The Hall–Kier alpha value is -2.85. The van der Waals surface area contributed by atoms with Gasteiger partial charge in [0.1, 0.15) is 12.6 Å². The van der Waals surface area contributed by atoms with Crippen molar-refractivity contribution in [3.05, 3.63) is 57.8 Å². The zero-order valence-electron chi connectivity index (χ0n) is 16.3. The molecule has 2 N–H and O–H groups in total. The van der Waals surface area contributed by atoms with E-state index in [9.17, 15) is 14.9 Å². The molecule has 1 aromatic carbocycles. The van der Waals surface area contributed by atoms with Gasteiger partial charge < -0.3 is 15.4 Å². The number of amides is 2. The molecule has 0 bridgehead atoms. The molecule has 0 fully saturated rings. The van der Waals surface area contributed by atoms with Gasteiger partial charge >= 0.3 is 6.09 Å². The molecule has 0 aliphatic carbocycles. The normalized spacial score (nSPS) is 12.7. The van der Waals surface area contributed by atoms with Crippen LogP contribution in [-0.2, 0) is 16.1 Å². The van der Waals surface area contributed by atoms with Gasteiger partial charge in [0, 0.05) is 4.88 Å². The highest BCUT2D eigenvalue weighted by Gasteiger charge is 2.26. The minimum atomic E-state index is -0.778. The van der Waals surface area contributed by atoms with E-state index in [1.807, 2.05) is 62.5 Å². The molecule has 0 saturated heterocycles. The maximum absolute atomic E-state index is 12.7. The highest BCUT2D eigenvalue weighted by molar-refractivity contribution is 7.10. The fourth-order valence-corrected chi connectivity index (χ4v) is 3.61. The Bertz CT molecular complexity index is 827. The van der Waals surface area contributed by atoms with Crippen LogP contribution in [-0.4, -0.2) is 18.0 Å². The number of rotatable bonds is 8. The largest absolute Gasteiger partial charge is 0.445 e. The van der Waals surface area contributed by atoms with Crippen molar-refractivity contribution in [3.63, 3.8) is 0 Å². The third kappa shape index (κ3) is 6.39. The van der Waals surface area contributed by atoms with Gasteiger partial charge in [0.25, 0.3) is 0 Å². The highest BCUT2D eigenvalue weighted by Crippen LogP contribution is 2.23. The van der Waals surface area contributed by atoms with E-state index in [0.717, 1.165) is 16.0 Å². The zero-order valence-corrected chi connectivity index (χ0v) is 17.1. The van der Waals surface area contributed by atoms with Crippen LogP contribution in [0.5, 0.6) is 0 Å². The Morgan fingerprint density at radius 1 is 1.18 bits per heavy atom. The van der Waals surface area contributed by atoms with E-state index in [1.165, 1.54) is 11.3 Å². The monoisotopic (exact) mass is 399 g/mol. The average molecular weight is 400 g/mol. The first-order valence-electron chi connectivity index (χ1n) is 9.12. The number of ether oxygens (including phenoxy) is 1. The van der Waals surface area contributed by atoms with Gasteiger partial charge in [-0.1, -0.05) is 44.2 Å². The number of hydrogen-bond donors (Lipinski definition) is 2. The predicted molar refractivity (Wildman–Crippen MR) is 109 cm³/mol. The standard InChI is InChI=1S/C21H25N3O3S/c1-14(2)11-17(24-21(26)27-13-16-7-5-4-6-8-16)20(25)23-18(12-22)19-15(3)9-10-28-19/h4-10,14,17-18H,11,13H2,1-3H3,(H,23,25)(H,24,26)/t17-,18?/m0/s1. The van der Waals surface area contributed by atoms with E-state index in [2.05, 4.69) is 16.7 Å². The number of aryl methyl sites for hydroxylation is 1. The Balaban J connectivity index is 1.99. The minimum absolute atomic E-state index is 0.123. The molecule has 2 atom stereocenters. The van der Waals surface area contributed by atoms with Gasteiger partial charge in [0.15, 0.2) is 6.04 Å². The SMILES string of the molecule is Cc1ccsc1C(C#N)NC(=O)[C@H](CC(C)C)NC(=O)OCc1ccccc1. The van der Waals surface area contributed by atoms with E-state index >= 15 is 0 Å². The number of carbonyl (C=O) groups excluding carboxylic acids is 2. The quantitative estimate of drug-likeness (QED) is 0.700. The second kappa shape index (κ2) is 10.5. The second-order valence-corrected chi connectivity index (χ2v) is 7.87. The summed E-state index contributed by atoms with van der Waals surface area (Å²) in [5.74, 6) is -0.223. The molecule has 0 aliphatic rings. The molecule has 0 radical (unpaired) electrons. The molecule has 1 heterocycles. The van der Waals surface area contributed by atoms with E-state index < -0.39 is 24.1 Å². The maximum atomic E-state index is 12.7. The van der Waals surface area contributed by atoms with E-state index in [1.54, 1.807) is 0 Å². The molecule has 2 aromatic rings. The molecule has 28 heavy (non-hydrogen) atoms. The molecule has 6 nitrogen and oxygen atoms in total. The smallest absolute Gasteiger partial charge is 0.408 e. The van der Waals surface area contributed by atoms with E-state index in [0.29, 0.717) is 6.42 Å². The lowest BCUT2D eigenvalue weighted by Crippen LogP contribution is -2.48. The van der Waals surface area contributed by atoms with Crippen LogP contribution < -0.4 is 10.6 Å².